The van der Waals surface area contributed by atoms with Gasteiger partial charge in [-0.2, -0.15) is 0 Å². The van der Waals surface area contributed by atoms with Crippen molar-refractivity contribution in [3.05, 3.63) is 119 Å². The summed E-state index contributed by atoms with van der Waals surface area (Å²) in [6, 6.07) is 32.1. The summed E-state index contributed by atoms with van der Waals surface area (Å²) in [5, 5.41) is 0. The number of benzene rings is 4. The molecule has 0 atom stereocenters. The quantitative estimate of drug-likeness (QED) is 0.241. The first kappa shape index (κ1) is 24.1. The van der Waals surface area contributed by atoms with E-state index in [1.807, 2.05) is 72.8 Å². The van der Waals surface area contributed by atoms with Crippen LogP contribution in [0.1, 0.15) is 22.3 Å². The fraction of sp³-hybridized carbons (Fsp3) is 0.0370. The van der Waals surface area contributed by atoms with E-state index >= 15 is 0 Å². The summed E-state index contributed by atoms with van der Waals surface area (Å²) in [6.45, 7) is 0. The van der Waals surface area contributed by atoms with Gasteiger partial charge < -0.3 is 11.5 Å². The maximum atomic E-state index is 6.19. The van der Waals surface area contributed by atoms with Crippen molar-refractivity contribution in [1.29, 1.82) is 0 Å². The van der Waals surface area contributed by atoms with Crippen LogP contribution in [0.5, 0.6) is 0 Å². The molecule has 0 unspecified atom stereocenters. The Kier molecular flexibility index (Phi) is 7.54. The highest BCUT2D eigenvalue weighted by atomic mass is 35.5. The van der Waals surface area contributed by atoms with Crippen LogP contribution in [0.3, 0.4) is 0 Å². The second-order valence-electron chi connectivity index (χ2n) is 7.59. The van der Waals surface area contributed by atoms with Gasteiger partial charge in [-0.1, -0.05) is 72.8 Å². The van der Waals surface area contributed by atoms with Crippen molar-refractivity contribution in [2.24, 2.45) is 21.5 Å². The molecule has 6 heteroatoms. The molecular formula is C27H24Cl2N4. The lowest BCUT2D eigenvalue weighted by Gasteiger charge is -2.05. The molecule has 0 fully saturated rings. The molecule has 0 aromatic heterocycles. The molecule has 4 aromatic carbocycles. The number of amidine groups is 2. The summed E-state index contributed by atoms with van der Waals surface area (Å²) in [4.78, 5) is 9.23. The van der Waals surface area contributed by atoms with Crippen molar-refractivity contribution >= 4 is 47.9 Å². The van der Waals surface area contributed by atoms with Gasteiger partial charge >= 0.3 is 0 Å². The number of fused-ring (bicyclic) bond motifs is 3. The molecule has 0 radical (unpaired) electrons. The van der Waals surface area contributed by atoms with Gasteiger partial charge in [0.25, 0.3) is 0 Å². The maximum absolute atomic E-state index is 6.19. The van der Waals surface area contributed by atoms with E-state index in [0.717, 1.165) is 28.9 Å². The molecule has 166 valence electrons. The molecule has 4 N–H and O–H groups in total. The van der Waals surface area contributed by atoms with Crippen LogP contribution >= 0.6 is 24.8 Å². The van der Waals surface area contributed by atoms with Gasteiger partial charge in [-0.15, -0.1) is 24.8 Å². The molecule has 0 saturated heterocycles. The topological polar surface area (TPSA) is 76.8 Å². The predicted octanol–water partition coefficient (Wildman–Crippen LogP) is 6.18. The maximum Gasteiger partial charge on any atom is 0.131 e. The number of halogens is 2. The van der Waals surface area contributed by atoms with Crippen molar-refractivity contribution in [3.8, 4) is 11.1 Å². The van der Waals surface area contributed by atoms with E-state index in [1.54, 1.807) is 0 Å². The molecule has 0 amide bonds. The molecule has 1 aliphatic carbocycles. The fourth-order valence-corrected chi connectivity index (χ4v) is 3.95. The lowest BCUT2D eigenvalue weighted by Crippen LogP contribution is -2.12. The Morgan fingerprint density at radius 1 is 0.545 bits per heavy atom. The fourth-order valence-electron chi connectivity index (χ4n) is 3.95. The molecule has 0 spiro atoms. The summed E-state index contributed by atoms with van der Waals surface area (Å²) in [7, 11) is 0. The standard InChI is InChI=1S/C27H22N4.2ClH/c28-26(18-7-3-1-4-8-18)30-22-11-13-24-20(16-22)15-21-17-23(12-14-25(21)24)31-27(29)19-9-5-2-6-10-19;;/h1-14,16-17H,15H2,(H2,28,30)(H2,29,31);2*1H. The Balaban J connectivity index is 0.00000153. The summed E-state index contributed by atoms with van der Waals surface area (Å²) in [5.41, 5.74) is 20.9. The minimum atomic E-state index is 0. The monoisotopic (exact) mass is 474 g/mol. The van der Waals surface area contributed by atoms with Crippen molar-refractivity contribution < 1.29 is 0 Å². The van der Waals surface area contributed by atoms with E-state index < -0.39 is 0 Å². The second-order valence-corrected chi connectivity index (χ2v) is 7.59. The first-order valence-corrected chi connectivity index (χ1v) is 10.2. The predicted molar refractivity (Wildman–Crippen MR) is 143 cm³/mol. The van der Waals surface area contributed by atoms with Gasteiger partial charge in [0.05, 0.1) is 11.4 Å². The lowest BCUT2D eigenvalue weighted by atomic mass is 10.1. The highest BCUT2D eigenvalue weighted by Crippen LogP contribution is 2.40. The number of rotatable bonds is 4. The average Bonchev–Trinajstić information content (AvgIpc) is 3.17. The van der Waals surface area contributed by atoms with E-state index in [4.69, 9.17) is 11.5 Å². The van der Waals surface area contributed by atoms with Crippen molar-refractivity contribution in [1.82, 2.24) is 0 Å². The largest absolute Gasteiger partial charge is 0.383 e. The molecule has 5 rings (SSSR count). The Hall–Kier alpha value is -3.60. The van der Waals surface area contributed by atoms with E-state index in [0.29, 0.717) is 11.7 Å². The van der Waals surface area contributed by atoms with Crippen LogP contribution in [0.25, 0.3) is 11.1 Å². The third-order valence-corrected chi connectivity index (χ3v) is 5.49. The number of nitrogens with two attached hydrogens (primary N) is 2. The lowest BCUT2D eigenvalue weighted by molar-refractivity contribution is 1.25. The Morgan fingerprint density at radius 2 is 0.939 bits per heavy atom. The minimum Gasteiger partial charge on any atom is -0.383 e. The zero-order valence-corrected chi connectivity index (χ0v) is 19.4. The van der Waals surface area contributed by atoms with Crippen LogP contribution in [-0.4, -0.2) is 11.7 Å². The van der Waals surface area contributed by atoms with E-state index in [1.165, 1.54) is 22.3 Å². The Labute approximate surface area is 205 Å². The summed E-state index contributed by atoms with van der Waals surface area (Å²) < 4.78 is 0. The van der Waals surface area contributed by atoms with E-state index in [-0.39, 0.29) is 24.8 Å². The highest BCUT2D eigenvalue weighted by Gasteiger charge is 2.19. The van der Waals surface area contributed by atoms with Crippen LogP contribution in [0, 0.1) is 0 Å². The first-order valence-electron chi connectivity index (χ1n) is 10.2. The third-order valence-electron chi connectivity index (χ3n) is 5.49. The molecule has 0 saturated carbocycles. The van der Waals surface area contributed by atoms with Crippen molar-refractivity contribution in [2.75, 3.05) is 0 Å². The first-order chi connectivity index (χ1) is 15.2. The van der Waals surface area contributed by atoms with E-state index in [9.17, 15) is 0 Å². The van der Waals surface area contributed by atoms with Gasteiger partial charge in [-0.05, 0) is 52.9 Å². The third kappa shape index (κ3) is 5.08. The van der Waals surface area contributed by atoms with Crippen LogP contribution in [-0.2, 0) is 6.42 Å². The van der Waals surface area contributed by atoms with Gasteiger partial charge in [0, 0.05) is 11.1 Å². The molecular weight excluding hydrogens is 451 g/mol. The zero-order valence-electron chi connectivity index (χ0n) is 17.8. The van der Waals surface area contributed by atoms with Crippen LogP contribution in [0.4, 0.5) is 11.4 Å². The van der Waals surface area contributed by atoms with Crippen LogP contribution < -0.4 is 11.5 Å². The number of hydrogen-bond acceptors (Lipinski definition) is 2. The smallest absolute Gasteiger partial charge is 0.131 e. The summed E-state index contributed by atoms with van der Waals surface area (Å²) in [6.07, 6.45) is 0.841. The summed E-state index contributed by atoms with van der Waals surface area (Å²) in [5.74, 6) is 1.04. The molecule has 33 heavy (non-hydrogen) atoms. The molecule has 1 aliphatic rings. The SMILES string of the molecule is Cl.Cl.NC(=Nc1ccc2c(c1)Cc1cc(N=C(N)c3ccccc3)ccc1-2)c1ccccc1. The van der Waals surface area contributed by atoms with Gasteiger partial charge in [-0.3, -0.25) is 0 Å². The number of hydrogen-bond donors (Lipinski definition) is 2. The van der Waals surface area contributed by atoms with Crippen LogP contribution in [0.2, 0.25) is 0 Å². The van der Waals surface area contributed by atoms with Crippen LogP contribution in [0.15, 0.2) is 107 Å². The molecule has 4 nitrogen and oxygen atoms in total. The zero-order chi connectivity index (χ0) is 21.2. The Bertz CT molecular complexity index is 1210. The number of nitrogens with zero attached hydrogens (tertiary/aromatic N) is 2. The average molecular weight is 475 g/mol. The molecule has 0 heterocycles. The van der Waals surface area contributed by atoms with Crippen molar-refractivity contribution in [2.45, 2.75) is 6.42 Å². The number of aliphatic imine (C=N–C) groups is 2. The normalized spacial score (nSPS) is 12.2. The molecule has 4 aromatic rings. The second kappa shape index (κ2) is 10.3. The van der Waals surface area contributed by atoms with Gasteiger partial charge in [0.15, 0.2) is 0 Å². The van der Waals surface area contributed by atoms with Gasteiger partial charge in [0.1, 0.15) is 11.7 Å². The summed E-state index contributed by atoms with van der Waals surface area (Å²) >= 11 is 0. The van der Waals surface area contributed by atoms with E-state index in [2.05, 4.69) is 34.3 Å². The van der Waals surface area contributed by atoms with Gasteiger partial charge in [0.2, 0.25) is 0 Å². The highest BCUT2D eigenvalue weighted by molar-refractivity contribution is 6.00. The van der Waals surface area contributed by atoms with Gasteiger partial charge in [-0.25, -0.2) is 9.98 Å². The molecule has 0 aliphatic heterocycles. The van der Waals surface area contributed by atoms with Crippen molar-refractivity contribution in [3.63, 3.8) is 0 Å². The Morgan fingerprint density at radius 3 is 1.33 bits per heavy atom. The molecule has 0 bridgehead atoms. The minimum absolute atomic E-state index is 0.